The Morgan fingerprint density at radius 2 is 0.714 bits per heavy atom. The summed E-state index contributed by atoms with van der Waals surface area (Å²) in [7, 11) is 0. The molecule has 0 unspecified atom stereocenters. The van der Waals surface area contributed by atoms with Gasteiger partial charge in [-0.05, 0) is 11.8 Å². The Hall–Kier alpha value is 0. The lowest BCUT2D eigenvalue weighted by atomic mass is 10.1. The van der Waals surface area contributed by atoms with E-state index in [2.05, 4.69) is 41.5 Å². The van der Waals surface area contributed by atoms with Gasteiger partial charge in [0.25, 0.3) is 0 Å². The molecule has 0 N–H and O–H groups in total. The summed E-state index contributed by atoms with van der Waals surface area (Å²) in [5, 5.41) is 0. The summed E-state index contributed by atoms with van der Waals surface area (Å²) in [4.78, 5) is 0. The maximum absolute atomic E-state index is 2.28. The Kier molecular flexibility index (Phi) is 26.1. The first-order valence-electron chi connectivity index (χ1n) is 6.62. The van der Waals surface area contributed by atoms with Gasteiger partial charge >= 0.3 is 0 Å². The lowest BCUT2D eigenvalue weighted by molar-refractivity contribution is 0.544. The van der Waals surface area contributed by atoms with Crippen molar-refractivity contribution in [3.8, 4) is 0 Å². The average molecular weight is 202 g/mol. The summed E-state index contributed by atoms with van der Waals surface area (Å²) < 4.78 is 0. The number of hydrogen-bond acceptors (Lipinski definition) is 0. The van der Waals surface area contributed by atoms with Gasteiger partial charge in [0, 0.05) is 0 Å². The normalized spacial score (nSPS) is 9.00. The monoisotopic (exact) mass is 202 g/mol. The van der Waals surface area contributed by atoms with Crippen LogP contribution in [0, 0.1) is 11.8 Å². The Morgan fingerprint density at radius 1 is 0.571 bits per heavy atom. The van der Waals surface area contributed by atoms with Crippen molar-refractivity contribution in [1.29, 1.82) is 0 Å². The van der Waals surface area contributed by atoms with E-state index < -0.39 is 0 Å². The molecule has 0 aliphatic carbocycles. The van der Waals surface area contributed by atoms with Crippen LogP contribution in [0.1, 0.15) is 81.1 Å². The lowest BCUT2D eigenvalue weighted by Crippen LogP contribution is -1.85. The third kappa shape index (κ3) is 22.7. The molecule has 0 rings (SSSR count). The molecule has 0 atom stereocenters. The second-order valence-corrected chi connectivity index (χ2v) is 3.84. The molecule has 0 amide bonds. The van der Waals surface area contributed by atoms with Crippen LogP contribution in [-0.2, 0) is 0 Å². The van der Waals surface area contributed by atoms with Gasteiger partial charge in [-0.2, -0.15) is 0 Å². The summed E-state index contributed by atoms with van der Waals surface area (Å²) in [6.07, 6.45) is 5.32. The highest BCUT2D eigenvalue weighted by atomic mass is 14.0. The minimum atomic E-state index is 0.935. The van der Waals surface area contributed by atoms with Gasteiger partial charge in [-0.3, -0.25) is 0 Å². The van der Waals surface area contributed by atoms with Crippen molar-refractivity contribution >= 4 is 0 Å². The summed E-state index contributed by atoms with van der Waals surface area (Å²) >= 11 is 0. The molecule has 0 aliphatic heterocycles. The van der Waals surface area contributed by atoms with E-state index in [1.807, 2.05) is 13.8 Å². The zero-order valence-corrected chi connectivity index (χ0v) is 12.0. The van der Waals surface area contributed by atoms with Crippen molar-refractivity contribution in [2.45, 2.75) is 81.1 Å². The molecule has 0 saturated carbocycles. The third-order valence-corrected chi connectivity index (χ3v) is 2.79. The first-order chi connectivity index (χ1) is 6.62. The van der Waals surface area contributed by atoms with E-state index in [-0.39, 0.29) is 0 Å². The fourth-order valence-electron chi connectivity index (χ4n) is 0.577. The van der Waals surface area contributed by atoms with Crippen LogP contribution in [0.4, 0.5) is 0 Å². The van der Waals surface area contributed by atoms with E-state index >= 15 is 0 Å². The number of hydrogen-bond donors (Lipinski definition) is 0. The van der Waals surface area contributed by atoms with Gasteiger partial charge in [0.15, 0.2) is 0 Å². The largest absolute Gasteiger partial charge is 0.0683 e. The Morgan fingerprint density at radius 3 is 0.714 bits per heavy atom. The molecule has 0 saturated heterocycles. The fraction of sp³-hybridized carbons (Fsp3) is 1.00. The standard InChI is InChI=1S/2C6H14.C2H6/c2*1-4-6(3)5-2;1-2/h2*6H,4-5H2,1-3H3;1-2H3. The highest BCUT2D eigenvalue weighted by molar-refractivity contribution is 4.42. The average Bonchev–Trinajstić information content (AvgIpc) is 2.30. The van der Waals surface area contributed by atoms with E-state index in [0.29, 0.717) is 0 Å². The number of rotatable bonds is 4. The van der Waals surface area contributed by atoms with Crippen LogP contribution in [0.25, 0.3) is 0 Å². The maximum Gasteiger partial charge on any atom is -0.0448 e. The molecule has 0 aromatic rings. The van der Waals surface area contributed by atoms with E-state index in [9.17, 15) is 0 Å². The zero-order valence-electron chi connectivity index (χ0n) is 12.0. The van der Waals surface area contributed by atoms with Gasteiger partial charge < -0.3 is 0 Å². The van der Waals surface area contributed by atoms with Crippen molar-refractivity contribution in [3.63, 3.8) is 0 Å². The van der Waals surface area contributed by atoms with Crippen molar-refractivity contribution < 1.29 is 0 Å². The molecule has 0 bridgehead atoms. The Bertz CT molecular complexity index is 48.4. The van der Waals surface area contributed by atoms with Gasteiger partial charge in [-0.15, -0.1) is 0 Å². The fourth-order valence-corrected chi connectivity index (χ4v) is 0.577. The molecular weight excluding hydrogens is 168 g/mol. The molecule has 0 radical (unpaired) electrons. The molecule has 0 heteroatoms. The topological polar surface area (TPSA) is 0 Å². The molecule has 14 heavy (non-hydrogen) atoms. The minimum Gasteiger partial charge on any atom is -0.0683 e. The highest BCUT2D eigenvalue weighted by Gasteiger charge is 1.89. The summed E-state index contributed by atoms with van der Waals surface area (Å²) in [6.45, 7) is 17.5. The van der Waals surface area contributed by atoms with Gasteiger partial charge in [-0.25, -0.2) is 0 Å². The van der Waals surface area contributed by atoms with Crippen LogP contribution in [0.2, 0.25) is 0 Å². The second-order valence-electron chi connectivity index (χ2n) is 3.84. The van der Waals surface area contributed by atoms with Gasteiger partial charge in [0.1, 0.15) is 0 Å². The molecule has 90 valence electrons. The molecule has 0 aromatic carbocycles. The van der Waals surface area contributed by atoms with Gasteiger partial charge in [-0.1, -0.05) is 81.1 Å². The van der Waals surface area contributed by atoms with Crippen LogP contribution < -0.4 is 0 Å². The summed E-state index contributed by atoms with van der Waals surface area (Å²) in [6, 6.07) is 0. The van der Waals surface area contributed by atoms with Crippen molar-refractivity contribution in [1.82, 2.24) is 0 Å². The molecular formula is C14H34. The third-order valence-electron chi connectivity index (χ3n) is 2.79. The predicted octanol–water partition coefficient (Wildman–Crippen LogP) is 5.91. The predicted molar refractivity (Wildman–Crippen MR) is 70.8 cm³/mol. The molecule has 0 heterocycles. The summed E-state index contributed by atoms with van der Waals surface area (Å²) in [5.74, 6) is 1.87. The maximum atomic E-state index is 2.28. The van der Waals surface area contributed by atoms with Crippen molar-refractivity contribution in [2.75, 3.05) is 0 Å². The Labute approximate surface area is 93.5 Å². The molecule has 0 aliphatic rings. The van der Waals surface area contributed by atoms with Crippen molar-refractivity contribution in [2.24, 2.45) is 11.8 Å². The lowest BCUT2D eigenvalue weighted by Gasteiger charge is -1.98. The molecule has 0 nitrogen and oxygen atoms in total. The van der Waals surface area contributed by atoms with E-state index in [1.54, 1.807) is 0 Å². The quantitative estimate of drug-likeness (QED) is 0.531. The van der Waals surface area contributed by atoms with Gasteiger partial charge in [0.05, 0.1) is 0 Å². The molecule has 0 aromatic heterocycles. The van der Waals surface area contributed by atoms with Crippen LogP contribution >= 0.6 is 0 Å². The minimum absolute atomic E-state index is 0.935. The molecule has 0 fully saturated rings. The van der Waals surface area contributed by atoms with E-state index in [4.69, 9.17) is 0 Å². The van der Waals surface area contributed by atoms with Crippen LogP contribution in [0.15, 0.2) is 0 Å². The van der Waals surface area contributed by atoms with Gasteiger partial charge in [0.2, 0.25) is 0 Å². The second kappa shape index (κ2) is 18.7. The van der Waals surface area contributed by atoms with E-state index in [1.165, 1.54) is 25.7 Å². The first kappa shape index (κ1) is 19.6. The summed E-state index contributed by atoms with van der Waals surface area (Å²) in [5.41, 5.74) is 0. The van der Waals surface area contributed by atoms with Crippen LogP contribution in [-0.4, -0.2) is 0 Å². The highest BCUT2D eigenvalue weighted by Crippen LogP contribution is 2.03. The first-order valence-corrected chi connectivity index (χ1v) is 6.62. The SMILES string of the molecule is CC.CCC(C)CC.CCC(C)CC. The van der Waals surface area contributed by atoms with Crippen LogP contribution in [0.5, 0.6) is 0 Å². The van der Waals surface area contributed by atoms with E-state index in [0.717, 1.165) is 11.8 Å². The van der Waals surface area contributed by atoms with Crippen molar-refractivity contribution in [3.05, 3.63) is 0 Å². The zero-order chi connectivity index (χ0) is 12.0. The van der Waals surface area contributed by atoms with Crippen LogP contribution in [0.3, 0.4) is 0 Å². The smallest absolute Gasteiger partial charge is 0.0448 e. The molecule has 0 spiro atoms. The Balaban J connectivity index is -0.000000147.